The number of carboxylic acids is 1. The van der Waals surface area contributed by atoms with Gasteiger partial charge < -0.3 is 10.4 Å². The van der Waals surface area contributed by atoms with E-state index in [9.17, 15) is 9.90 Å². The number of rotatable bonds is 4. The second kappa shape index (κ2) is 4.55. The molecule has 1 fully saturated rings. The summed E-state index contributed by atoms with van der Waals surface area (Å²) in [6.45, 7) is 9.65. The Morgan fingerprint density at radius 3 is 2.43 bits per heavy atom. The molecule has 3 rings (SSSR count). The first-order chi connectivity index (χ1) is 9.76. The molecule has 0 unspecified atom stereocenters. The molecule has 1 heterocycles. The maximum Gasteiger partial charge on any atom is 0.346 e. The van der Waals surface area contributed by atoms with E-state index in [1.807, 2.05) is 24.3 Å². The first-order valence-corrected chi connectivity index (χ1v) is 8.05. The van der Waals surface area contributed by atoms with Gasteiger partial charge in [0.25, 0.3) is 0 Å². The molecular weight excluding hydrogens is 282 g/mol. The Kier molecular flexibility index (Phi) is 3.15. The third kappa shape index (κ3) is 2.09. The van der Waals surface area contributed by atoms with E-state index in [0.29, 0.717) is 17.5 Å². The van der Waals surface area contributed by atoms with Gasteiger partial charge in [-0.15, -0.1) is 11.3 Å². The molecule has 0 bridgehead atoms. The zero-order valence-corrected chi connectivity index (χ0v) is 13.7. The SMILES string of the molecule is CC1(C)C(NCc2c(C(=O)O)sc3ccccc23)C1(C)C. The fraction of sp³-hybridized carbons (Fsp3) is 0.471. The second-order valence-electron chi connectivity index (χ2n) is 6.97. The lowest BCUT2D eigenvalue weighted by atomic mass is 10.0. The van der Waals surface area contributed by atoms with Crippen LogP contribution in [0, 0.1) is 10.8 Å². The van der Waals surface area contributed by atoms with Gasteiger partial charge in [-0.05, 0) is 27.8 Å². The maximum absolute atomic E-state index is 11.5. The highest BCUT2D eigenvalue weighted by molar-refractivity contribution is 7.21. The van der Waals surface area contributed by atoms with Gasteiger partial charge in [-0.3, -0.25) is 0 Å². The quantitative estimate of drug-likeness (QED) is 0.893. The average molecular weight is 303 g/mol. The molecule has 3 nitrogen and oxygen atoms in total. The van der Waals surface area contributed by atoms with E-state index < -0.39 is 5.97 Å². The number of hydrogen-bond donors (Lipinski definition) is 2. The Bertz CT molecular complexity index is 701. The van der Waals surface area contributed by atoms with Crippen LogP contribution >= 0.6 is 11.3 Å². The molecule has 0 radical (unpaired) electrons. The largest absolute Gasteiger partial charge is 0.477 e. The monoisotopic (exact) mass is 303 g/mol. The van der Waals surface area contributed by atoms with Crippen molar-refractivity contribution in [3.63, 3.8) is 0 Å². The predicted octanol–water partition coefficient (Wildman–Crippen LogP) is 4.12. The highest BCUT2D eigenvalue weighted by Gasteiger charge is 2.64. The van der Waals surface area contributed by atoms with Crippen molar-refractivity contribution in [2.24, 2.45) is 10.8 Å². The second-order valence-corrected chi connectivity index (χ2v) is 8.02. The van der Waals surface area contributed by atoms with Crippen molar-refractivity contribution in [1.82, 2.24) is 5.32 Å². The summed E-state index contributed by atoms with van der Waals surface area (Å²) in [5.74, 6) is -0.831. The van der Waals surface area contributed by atoms with E-state index in [1.165, 1.54) is 11.3 Å². The smallest absolute Gasteiger partial charge is 0.346 e. The number of thiophene rings is 1. The van der Waals surface area contributed by atoms with Gasteiger partial charge in [-0.1, -0.05) is 45.9 Å². The molecule has 0 amide bonds. The molecule has 1 saturated carbocycles. The van der Waals surface area contributed by atoms with Gasteiger partial charge in [-0.2, -0.15) is 0 Å². The fourth-order valence-electron chi connectivity index (χ4n) is 3.36. The predicted molar refractivity (Wildman–Crippen MR) is 87.0 cm³/mol. The van der Waals surface area contributed by atoms with Gasteiger partial charge in [0.05, 0.1) is 0 Å². The van der Waals surface area contributed by atoms with E-state index in [-0.39, 0.29) is 10.8 Å². The molecular formula is C17H21NO2S. The fourth-order valence-corrected chi connectivity index (χ4v) is 4.42. The van der Waals surface area contributed by atoms with Crippen LogP contribution in [-0.2, 0) is 6.54 Å². The van der Waals surface area contributed by atoms with E-state index in [1.54, 1.807) is 0 Å². The van der Waals surface area contributed by atoms with Crippen LogP contribution in [0.1, 0.15) is 42.9 Å². The van der Waals surface area contributed by atoms with Crippen molar-refractivity contribution in [3.05, 3.63) is 34.7 Å². The van der Waals surface area contributed by atoms with Crippen molar-refractivity contribution < 1.29 is 9.90 Å². The lowest BCUT2D eigenvalue weighted by molar-refractivity contribution is 0.0701. The van der Waals surface area contributed by atoms with Crippen molar-refractivity contribution in [3.8, 4) is 0 Å². The summed E-state index contributed by atoms with van der Waals surface area (Å²) in [6, 6.07) is 8.34. The van der Waals surface area contributed by atoms with Crippen molar-refractivity contribution in [1.29, 1.82) is 0 Å². The van der Waals surface area contributed by atoms with E-state index in [0.717, 1.165) is 15.6 Å². The number of hydrogen-bond acceptors (Lipinski definition) is 3. The van der Waals surface area contributed by atoms with Gasteiger partial charge in [0, 0.05) is 17.3 Å². The van der Waals surface area contributed by atoms with Gasteiger partial charge in [-0.25, -0.2) is 4.79 Å². The highest BCUT2D eigenvalue weighted by Crippen LogP contribution is 2.62. The Labute approximate surface area is 129 Å². The van der Waals surface area contributed by atoms with Crippen LogP contribution < -0.4 is 5.32 Å². The molecule has 1 aliphatic rings. The summed E-state index contributed by atoms with van der Waals surface area (Å²) in [7, 11) is 0. The van der Waals surface area contributed by atoms with Crippen LogP contribution in [-0.4, -0.2) is 17.1 Å². The third-order valence-electron chi connectivity index (χ3n) is 5.40. The van der Waals surface area contributed by atoms with E-state index >= 15 is 0 Å². The Morgan fingerprint density at radius 1 is 1.24 bits per heavy atom. The normalized spacial score (nSPS) is 19.8. The van der Waals surface area contributed by atoms with Crippen molar-refractivity contribution in [2.45, 2.75) is 40.3 Å². The van der Waals surface area contributed by atoms with Gasteiger partial charge in [0.15, 0.2) is 0 Å². The Morgan fingerprint density at radius 2 is 1.86 bits per heavy atom. The number of benzene rings is 1. The standard InChI is InChI=1S/C17H21NO2S/c1-16(2)15(17(16,3)4)18-9-11-10-7-5-6-8-12(10)21-13(11)14(19)20/h5-8,15,18H,9H2,1-4H3,(H,19,20). The first-order valence-electron chi connectivity index (χ1n) is 7.24. The number of carboxylic acid groups (broad SMARTS) is 1. The van der Waals surface area contributed by atoms with E-state index in [2.05, 4.69) is 33.0 Å². The molecule has 1 aromatic carbocycles. The highest BCUT2D eigenvalue weighted by atomic mass is 32.1. The van der Waals surface area contributed by atoms with Crippen LogP contribution in [0.25, 0.3) is 10.1 Å². The summed E-state index contributed by atoms with van der Waals surface area (Å²) in [5.41, 5.74) is 1.42. The summed E-state index contributed by atoms with van der Waals surface area (Å²) in [6.07, 6.45) is 0. The van der Waals surface area contributed by atoms with Crippen LogP contribution in [0.15, 0.2) is 24.3 Å². The minimum absolute atomic E-state index is 0.252. The number of aromatic carboxylic acids is 1. The minimum Gasteiger partial charge on any atom is -0.477 e. The molecule has 2 aromatic rings. The zero-order valence-electron chi connectivity index (χ0n) is 12.9. The number of nitrogens with one attached hydrogen (secondary N) is 1. The Balaban J connectivity index is 1.90. The first kappa shape index (κ1) is 14.5. The molecule has 4 heteroatoms. The lowest BCUT2D eigenvalue weighted by Gasteiger charge is -2.07. The van der Waals surface area contributed by atoms with Crippen LogP contribution in [0.3, 0.4) is 0 Å². The van der Waals surface area contributed by atoms with Crippen molar-refractivity contribution in [2.75, 3.05) is 0 Å². The summed E-state index contributed by atoms with van der Waals surface area (Å²) >= 11 is 1.36. The molecule has 0 saturated heterocycles. The lowest BCUT2D eigenvalue weighted by Crippen LogP contribution is -2.22. The Hall–Kier alpha value is -1.39. The zero-order chi connectivity index (χ0) is 15.4. The summed E-state index contributed by atoms with van der Waals surface area (Å²) < 4.78 is 1.04. The molecule has 1 aromatic heterocycles. The summed E-state index contributed by atoms with van der Waals surface area (Å²) in [5, 5.41) is 14.1. The van der Waals surface area contributed by atoms with Crippen molar-refractivity contribution >= 4 is 27.4 Å². The van der Waals surface area contributed by atoms with Gasteiger partial charge in [0.1, 0.15) is 4.88 Å². The molecule has 0 spiro atoms. The van der Waals surface area contributed by atoms with Crippen LogP contribution in [0.4, 0.5) is 0 Å². The summed E-state index contributed by atoms with van der Waals surface area (Å²) in [4.78, 5) is 11.9. The molecule has 0 atom stereocenters. The minimum atomic E-state index is -0.831. The van der Waals surface area contributed by atoms with Gasteiger partial charge in [0.2, 0.25) is 0 Å². The number of fused-ring (bicyclic) bond motifs is 1. The molecule has 112 valence electrons. The molecule has 2 N–H and O–H groups in total. The number of carbonyl (C=O) groups is 1. The molecule has 1 aliphatic carbocycles. The van der Waals surface area contributed by atoms with Crippen LogP contribution in [0.2, 0.25) is 0 Å². The topological polar surface area (TPSA) is 49.3 Å². The van der Waals surface area contributed by atoms with E-state index in [4.69, 9.17) is 0 Å². The maximum atomic E-state index is 11.5. The van der Waals surface area contributed by atoms with Crippen LogP contribution in [0.5, 0.6) is 0 Å². The average Bonchev–Trinajstić information content (AvgIpc) is 2.74. The third-order valence-corrected chi connectivity index (χ3v) is 6.60. The molecule has 0 aliphatic heterocycles. The molecule has 21 heavy (non-hydrogen) atoms. The van der Waals surface area contributed by atoms with Gasteiger partial charge >= 0.3 is 5.97 Å².